The lowest BCUT2D eigenvalue weighted by Crippen LogP contribution is -2.55. The smallest absolute Gasteiger partial charge is 0.240 e. The van der Waals surface area contributed by atoms with Gasteiger partial charge in [0.15, 0.2) is 11.5 Å². The molecule has 1 aliphatic carbocycles. The van der Waals surface area contributed by atoms with Crippen molar-refractivity contribution in [1.82, 2.24) is 5.32 Å². The van der Waals surface area contributed by atoms with Crippen molar-refractivity contribution < 1.29 is 14.3 Å². The fourth-order valence-corrected chi connectivity index (χ4v) is 3.23. The van der Waals surface area contributed by atoms with Crippen molar-refractivity contribution >= 4 is 5.91 Å². The minimum Gasteiger partial charge on any atom is -0.493 e. The van der Waals surface area contributed by atoms with Gasteiger partial charge in [0, 0.05) is 6.54 Å². The van der Waals surface area contributed by atoms with E-state index in [0.717, 1.165) is 50.0 Å². The first kappa shape index (κ1) is 18.6. The van der Waals surface area contributed by atoms with Gasteiger partial charge in [0.2, 0.25) is 5.91 Å². The third-order valence-corrected chi connectivity index (χ3v) is 4.65. The van der Waals surface area contributed by atoms with E-state index < -0.39 is 5.54 Å². The van der Waals surface area contributed by atoms with Crippen molar-refractivity contribution in [1.29, 1.82) is 0 Å². The number of benzene rings is 1. The van der Waals surface area contributed by atoms with Crippen molar-refractivity contribution in [3.8, 4) is 11.5 Å². The van der Waals surface area contributed by atoms with Gasteiger partial charge in [0.05, 0.1) is 19.3 Å². The van der Waals surface area contributed by atoms with E-state index in [1.54, 1.807) is 7.11 Å². The lowest BCUT2D eigenvalue weighted by Gasteiger charge is -2.31. The van der Waals surface area contributed by atoms with Crippen molar-refractivity contribution in [2.45, 2.75) is 57.4 Å². The first-order valence-electron chi connectivity index (χ1n) is 8.96. The lowest BCUT2D eigenvalue weighted by atomic mass is 9.82. The summed E-state index contributed by atoms with van der Waals surface area (Å²) in [4.78, 5) is 12.3. The zero-order chi connectivity index (χ0) is 17.4. The average molecular weight is 334 g/mol. The van der Waals surface area contributed by atoms with E-state index in [1.165, 1.54) is 12.0 Å². The molecule has 1 amide bonds. The summed E-state index contributed by atoms with van der Waals surface area (Å²) < 4.78 is 10.9. The molecule has 0 spiro atoms. The van der Waals surface area contributed by atoms with E-state index in [2.05, 4.69) is 5.32 Å². The van der Waals surface area contributed by atoms with Gasteiger partial charge >= 0.3 is 0 Å². The molecular weight excluding hydrogens is 304 g/mol. The Morgan fingerprint density at radius 3 is 2.67 bits per heavy atom. The van der Waals surface area contributed by atoms with E-state index in [-0.39, 0.29) is 5.91 Å². The normalized spacial score (nSPS) is 16.5. The first-order valence-corrected chi connectivity index (χ1v) is 8.96. The third-order valence-electron chi connectivity index (χ3n) is 4.65. The molecule has 134 valence electrons. The molecule has 3 N–H and O–H groups in total. The fourth-order valence-electron chi connectivity index (χ4n) is 3.23. The van der Waals surface area contributed by atoms with Gasteiger partial charge in [-0.05, 0) is 50.3 Å². The molecular formula is C19H30N2O3. The predicted octanol–water partition coefficient (Wildman–Crippen LogP) is 2.80. The quantitative estimate of drug-likeness (QED) is 0.717. The highest BCUT2D eigenvalue weighted by molar-refractivity contribution is 5.86. The Balaban J connectivity index is 1.79. The van der Waals surface area contributed by atoms with Gasteiger partial charge in [0.25, 0.3) is 0 Å². The molecule has 24 heavy (non-hydrogen) atoms. The van der Waals surface area contributed by atoms with Crippen LogP contribution in [-0.2, 0) is 11.2 Å². The second kappa shape index (κ2) is 8.92. The Labute approximate surface area is 144 Å². The van der Waals surface area contributed by atoms with Crippen molar-refractivity contribution in [3.05, 3.63) is 23.8 Å². The van der Waals surface area contributed by atoms with E-state index in [4.69, 9.17) is 15.2 Å². The summed E-state index contributed by atoms with van der Waals surface area (Å²) in [6.07, 6.45) is 6.64. The number of ether oxygens (including phenoxy) is 2. The summed E-state index contributed by atoms with van der Waals surface area (Å²) in [6.45, 7) is 3.21. The van der Waals surface area contributed by atoms with E-state index >= 15 is 0 Å². The summed E-state index contributed by atoms with van der Waals surface area (Å²) in [5.74, 6) is 1.52. The van der Waals surface area contributed by atoms with Crippen LogP contribution in [0.25, 0.3) is 0 Å². The fraction of sp³-hybridized carbons (Fsp3) is 0.632. The molecule has 1 aromatic rings. The molecule has 0 radical (unpaired) electrons. The van der Waals surface area contributed by atoms with Crippen molar-refractivity contribution in [2.75, 3.05) is 20.3 Å². The lowest BCUT2D eigenvalue weighted by molar-refractivity contribution is -0.127. The first-order chi connectivity index (χ1) is 11.6. The summed E-state index contributed by atoms with van der Waals surface area (Å²) in [6, 6.07) is 5.97. The Hall–Kier alpha value is -1.75. The maximum absolute atomic E-state index is 12.3. The minimum atomic E-state index is -0.652. The Morgan fingerprint density at radius 1 is 1.25 bits per heavy atom. The minimum absolute atomic E-state index is 0.00642. The number of carbonyl (C=O) groups excluding carboxylic acids is 1. The van der Waals surface area contributed by atoms with Crippen molar-refractivity contribution in [3.63, 3.8) is 0 Å². The number of nitrogens with one attached hydrogen (secondary N) is 1. The molecule has 0 atom stereocenters. The maximum atomic E-state index is 12.3. The number of methoxy groups -OCH3 is 1. The van der Waals surface area contributed by atoms with Crippen LogP contribution in [0.4, 0.5) is 0 Å². The van der Waals surface area contributed by atoms with Gasteiger partial charge in [0.1, 0.15) is 0 Å². The number of aryl methyl sites for hydroxylation is 1. The molecule has 0 bridgehead atoms. The van der Waals surface area contributed by atoms with Crippen LogP contribution in [0.1, 0.15) is 51.0 Å². The van der Waals surface area contributed by atoms with Gasteiger partial charge in [-0.2, -0.15) is 0 Å². The van der Waals surface area contributed by atoms with Gasteiger partial charge in [-0.1, -0.05) is 25.3 Å². The average Bonchev–Trinajstić information content (AvgIpc) is 2.59. The second-order valence-electron chi connectivity index (χ2n) is 6.49. The number of carbonyl (C=O) groups is 1. The molecule has 1 aromatic carbocycles. The third kappa shape index (κ3) is 4.87. The molecule has 0 aliphatic heterocycles. The topological polar surface area (TPSA) is 73.6 Å². The molecule has 1 saturated carbocycles. The predicted molar refractivity (Wildman–Crippen MR) is 95.5 cm³/mol. The summed E-state index contributed by atoms with van der Waals surface area (Å²) >= 11 is 0. The van der Waals surface area contributed by atoms with Crippen LogP contribution in [0, 0.1) is 0 Å². The van der Waals surface area contributed by atoms with Crippen LogP contribution in [-0.4, -0.2) is 31.7 Å². The highest BCUT2D eigenvalue weighted by atomic mass is 16.5. The van der Waals surface area contributed by atoms with Crippen LogP contribution in [0.2, 0.25) is 0 Å². The number of hydrogen-bond donors (Lipinski definition) is 2. The highest BCUT2D eigenvalue weighted by Crippen LogP contribution is 2.28. The SMILES string of the molecule is CCOc1cc(CCCNC(=O)C2(N)CCCCC2)ccc1OC. The Morgan fingerprint density at radius 2 is 2.00 bits per heavy atom. The molecule has 1 fully saturated rings. The van der Waals surface area contributed by atoms with Crippen LogP contribution in [0.15, 0.2) is 18.2 Å². The van der Waals surface area contributed by atoms with Crippen molar-refractivity contribution in [2.24, 2.45) is 5.73 Å². The van der Waals surface area contributed by atoms with Crippen LogP contribution < -0.4 is 20.5 Å². The van der Waals surface area contributed by atoms with Crippen LogP contribution in [0.3, 0.4) is 0 Å². The summed E-state index contributed by atoms with van der Waals surface area (Å²) in [5.41, 5.74) is 6.76. The summed E-state index contributed by atoms with van der Waals surface area (Å²) in [5, 5.41) is 3.01. The van der Waals surface area contributed by atoms with E-state index in [9.17, 15) is 4.79 Å². The number of nitrogens with two attached hydrogens (primary N) is 1. The monoisotopic (exact) mass is 334 g/mol. The van der Waals surface area contributed by atoms with Gasteiger partial charge < -0.3 is 20.5 Å². The molecule has 5 heteroatoms. The van der Waals surface area contributed by atoms with Gasteiger partial charge in [-0.25, -0.2) is 0 Å². The van der Waals surface area contributed by atoms with E-state index in [1.807, 2.05) is 25.1 Å². The zero-order valence-corrected chi connectivity index (χ0v) is 14.9. The molecule has 5 nitrogen and oxygen atoms in total. The number of amides is 1. The summed E-state index contributed by atoms with van der Waals surface area (Å²) in [7, 11) is 1.64. The highest BCUT2D eigenvalue weighted by Gasteiger charge is 2.34. The molecule has 0 aromatic heterocycles. The second-order valence-corrected chi connectivity index (χ2v) is 6.49. The molecule has 1 aliphatic rings. The molecule has 2 rings (SSSR count). The maximum Gasteiger partial charge on any atom is 0.240 e. The Kier molecular flexibility index (Phi) is 6.91. The van der Waals surface area contributed by atoms with Gasteiger partial charge in [-0.15, -0.1) is 0 Å². The van der Waals surface area contributed by atoms with Crippen LogP contribution >= 0.6 is 0 Å². The van der Waals surface area contributed by atoms with Gasteiger partial charge in [-0.3, -0.25) is 4.79 Å². The van der Waals surface area contributed by atoms with Crippen LogP contribution in [0.5, 0.6) is 11.5 Å². The number of hydrogen-bond acceptors (Lipinski definition) is 4. The largest absolute Gasteiger partial charge is 0.493 e. The molecule has 0 unspecified atom stereocenters. The Bertz CT molecular complexity index is 539. The number of rotatable bonds is 8. The standard InChI is InChI=1S/C19H30N2O3/c1-3-24-17-14-15(9-10-16(17)23-2)8-7-13-21-18(22)19(20)11-5-4-6-12-19/h9-10,14H,3-8,11-13,20H2,1-2H3,(H,21,22). The molecule has 0 saturated heterocycles. The zero-order valence-electron chi connectivity index (χ0n) is 14.9. The molecule has 0 heterocycles. The van der Waals surface area contributed by atoms with E-state index in [0.29, 0.717) is 13.2 Å².